The largest absolute Gasteiger partial charge is 1.00 e. The number of hydrogen-bond donors (Lipinski definition) is 20. The zero-order valence-corrected chi connectivity index (χ0v) is 86.5. The molecule has 2 aromatic rings. The number of nitrogens with one attached hydrogen (secondary N) is 4. The van der Waals surface area contributed by atoms with Crippen LogP contribution in [0.5, 0.6) is 0 Å². The number of aliphatic carboxylic acids is 2. The molecule has 0 aliphatic carbocycles. The Morgan fingerprint density at radius 1 is 0.427 bits per heavy atom. The summed E-state index contributed by atoms with van der Waals surface area (Å²) < 4.78 is 252. The van der Waals surface area contributed by atoms with Crippen molar-refractivity contribution in [2.75, 3.05) is 50.2 Å². The van der Waals surface area contributed by atoms with Crippen LogP contribution in [0.25, 0.3) is 0 Å². The van der Waals surface area contributed by atoms with Gasteiger partial charge in [0.25, 0.3) is 0 Å². The Labute approximate surface area is 879 Å². The second-order valence-corrected chi connectivity index (χ2v) is 31.1. The summed E-state index contributed by atoms with van der Waals surface area (Å²) >= 11 is 0. The average Bonchev–Trinajstić information content (AvgIpc) is 0.763. The molecule has 4 aliphatic rings. The number of nitrogens with zero attached hydrogens (tertiary/aromatic N) is 2. The molecule has 72 heteroatoms. The van der Waals surface area contributed by atoms with Crippen molar-refractivity contribution in [3.8, 4) is 0 Å². The standard InChI is InChI=1S/C52H80N6O52S6.8Na/c59-21(31(65)33(67)23(61)13-97-107-51-43(109-115(91,92)93)39(73)41(45(105-51)47(75)76)103-49-29(57-111(79,80)81)37(71)35(69)25(101-49)15-99-113(85,86)87)11-53-17-3-1-5-19(9-17)55-27(63)7-8-28(64)56-20-6-2-4-18(10-20)54-12-22(60)32(66)34(68)24(62)14-98-108-52-44(110-116(94,95)96)40(74)42(46(106-52)48(77)78)104-50-30(58-112(82,83)84)38(72)36(70)26(102-50)16-100-114(88,89)90;;;;;;;;/h1-6,9-10,21-26,29-46,49-54,57-62,65-74H,7-8,11-16H2,(H,55,63)(H,56,64)(H,75,76)(H,77,78)(H,79,80,81)(H,82,83,84)(H,85,86,87)(H,88,89,90)(H,91,92,93)(H,94,95,96);;;;;;;;/q;8*+1/p-8/t21-,22-,23+,24+,25+,26+,29+,30+,31+,32+,33+,34+,35+,36+,37+,38+,39-,40-,41-,42-,43+,44+,45+,46+,49+,50+,51-,52-;;;;;;;;/m0......../s1. The summed E-state index contributed by atoms with van der Waals surface area (Å²) in [5, 5.41) is 205. The third kappa shape index (κ3) is 43.1. The normalized spacial score (nSPS) is 29.1. The van der Waals surface area contributed by atoms with Crippen LogP contribution in [0.15, 0.2) is 58.5 Å². The van der Waals surface area contributed by atoms with E-state index in [9.17, 15) is 179 Å². The van der Waals surface area contributed by atoms with Crippen molar-refractivity contribution in [2.24, 2.45) is 9.98 Å². The van der Waals surface area contributed by atoms with Crippen LogP contribution in [0.3, 0.4) is 0 Å². The van der Waals surface area contributed by atoms with Gasteiger partial charge >= 0.3 is 257 Å². The van der Waals surface area contributed by atoms with E-state index in [2.05, 4.69) is 47.1 Å². The molecule has 6 rings (SSSR count). The first-order valence-electron chi connectivity index (χ1n) is 32.1. The molecule has 4 saturated heterocycles. The second-order valence-electron chi connectivity index (χ2n) is 24.6. The number of carboxylic acids is 2. The molecule has 4 heterocycles. The first-order valence-corrected chi connectivity index (χ1v) is 40.3. The van der Waals surface area contributed by atoms with Crippen LogP contribution in [-0.2, 0) is 136 Å². The maximum Gasteiger partial charge on any atom is 1.00 e. The molecule has 0 saturated carbocycles. The second kappa shape index (κ2) is 58.2. The van der Waals surface area contributed by atoms with Gasteiger partial charge < -0.3 is 159 Å². The molecule has 4 aliphatic heterocycles. The zero-order chi connectivity index (χ0) is 87.2. The number of anilines is 2. The number of aliphatic hydroxyl groups is 14. The molecule has 28 atom stereocenters. The summed E-state index contributed by atoms with van der Waals surface area (Å²) in [4.78, 5) is 51.2. The van der Waals surface area contributed by atoms with Gasteiger partial charge in [0.2, 0.25) is 33.4 Å². The summed E-state index contributed by atoms with van der Waals surface area (Å²) in [5.74, 6) is -6.64. The number of aliphatic hydroxyl groups excluding tert-OH is 14. The summed E-state index contributed by atoms with van der Waals surface area (Å²) in [7, 11) is -34.2. The van der Waals surface area contributed by atoms with Gasteiger partial charge in [-0.1, -0.05) is 12.1 Å². The minimum absolute atomic E-state index is 0. The van der Waals surface area contributed by atoms with Crippen molar-refractivity contribution in [1.29, 1.82) is 0 Å². The molecule has 0 aromatic heterocycles. The van der Waals surface area contributed by atoms with Crippen molar-refractivity contribution >= 4 is 109 Å². The molecule has 0 unspecified atom stereocenters. The third-order valence-corrected chi connectivity index (χ3v) is 19.0. The Balaban J connectivity index is -0.0000183. The topological polar surface area (TPSA) is 949 Å². The Kier molecular flexibility index (Phi) is 61.1. The van der Waals surface area contributed by atoms with E-state index in [4.69, 9.17) is 38.2 Å². The van der Waals surface area contributed by atoms with Crippen molar-refractivity contribution in [3.05, 3.63) is 48.5 Å². The van der Waals surface area contributed by atoms with Gasteiger partial charge in [-0.05, 0) is 61.0 Å². The third-order valence-electron chi connectivity index (χ3n) is 16.1. The van der Waals surface area contributed by atoms with Gasteiger partial charge in [-0.25, -0.2) is 71.0 Å². The van der Waals surface area contributed by atoms with Crippen LogP contribution in [-0.4, -0.2) is 384 Å². The monoisotopic (exact) mass is 1990 g/mol. The molecular formula is C52H72N6Na8O52S6. The van der Waals surface area contributed by atoms with Crippen molar-refractivity contribution in [1.82, 2.24) is 9.44 Å². The molecule has 0 spiro atoms. The molecule has 124 heavy (non-hydrogen) atoms. The summed E-state index contributed by atoms with van der Waals surface area (Å²) in [5.41, 5.74) is 0.0815. The maximum atomic E-state index is 12.9. The first kappa shape index (κ1) is 130. The smallest absolute Gasteiger partial charge is 0.862 e. The van der Waals surface area contributed by atoms with E-state index in [1.54, 1.807) is 0 Å². The van der Waals surface area contributed by atoms with E-state index < -0.39 is 310 Å². The van der Waals surface area contributed by atoms with Crippen molar-refractivity contribution < 1.29 is 480 Å². The molecule has 4 fully saturated rings. The molecule has 20 N–H and O–H groups in total. The quantitative estimate of drug-likeness (QED) is 0.00557. The van der Waals surface area contributed by atoms with Crippen LogP contribution in [0, 0.1) is 0 Å². The van der Waals surface area contributed by atoms with Gasteiger partial charge in [0.05, 0.1) is 48.7 Å². The van der Waals surface area contributed by atoms with Crippen molar-refractivity contribution in [3.63, 3.8) is 0 Å². The van der Waals surface area contributed by atoms with Crippen LogP contribution in [0.2, 0.25) is 0 Å². The van der Waals surface area contributed by atoms with Crippen molar-refractivity contribution in [2.45, 2.75) is 184 Å². The molecule has 0 bridgehead atoms. The van der Waals surface area contributed by atoms with E-state index in [0.29, 0.717) is 0 Å². The number of carbonyl (C=O) groups excluding carboxylic acids is 2. The van der Waals surface area contributed by atoms with Crippen LogP contribution in [0.1, 0.15) is 12.8 Å². The van der Waals surface area contributed by atoms with E-state index in [0.717, 1.165) is 0 Å². The molecule has 0 amide bonds. The molecule has 666 valence electrons. The number of ether oxygens (including phenoxy) is 6. The SMILES string of the molecule is O=C([O-])[C@@H]1O[C@@H](OOC[C@@H](O)[C@@H](O)[C@H](O)[C@@H](O)CNc2cccc(N=C([O-])CCC([O-])=Nc3cccc(NC[C@H](O)[C@@H](O)[C@H](O)[C@H](O)COO[C@@H]4O[C@@H](C(=O)[O-])[C@@H](O[C@H]5O[C@H](COS(=O)(=O)[O-])[C@@H](O)[C@H](O)[C@H]5NS(=O)(=O)[O-])[C@H](O)[C@H]4OS(=O)(=O)O)c3)c2)[C@H](OS(=O)(=O)O)[C@@H](O)[C@@H]1O[C@H]1O[C@H](COS(=O)(=O)[O-])[C@@H](O)[C@H](O)[C@H]1NS(=O)(=O)[O-].[Na+].[Na+].[Na+].[Na+].[Na+].[Na+].[Na+].[Na+]. The zero-order valence-electron chi connectivity index (χ0n) is 65.6. The Morgan fingerprint density at radius 2 is 0.734 bits per heavy atom. The summed E-state index contributed by atoms with van der Waals surface area (Å²) in [6.45, 7) is -6.99. The van der Waals surface area contributed by atoms with Gasteiger partial charge in [-0.2, -0.15) is 16.8 Å². The number of rotatable bonds is 45. The fourth-order valence-electron chi connectivity index (χ4n) is 10.7. The Bertz CT molecular complexity index is 4120. The predicted molar refractivity (Wildman–Crippen MR) is 343 cm³/mol. The molecule has 0 radical (unpaired) electrons. The average molecular weight is 1990 g/mol. The van der Waals surface area contributed by atoms with Gasteiger partial charge in [-0.3, -0.25) is 27.5 Å². The summed E-state index contributed by atoms with van der Waals surface area (Å²) in [6.07, 6.45) is -67.0. The fraction of sp³-hybridized carbons (Fsp3) is 0.692. The van der Waals surface area contributed by atoms with Gasteiger partial charge in [0.15, 0.2) is 45.4 Å². The first-order chi connectivity index (χ1) is 53.5. The number of hydrogen-bond acceptors (Lipinski definition) is 54. The predicted octanol–water partition coefficient (Wildman–Crippen LogP) is -42.9. The Hall–Kier alpha value is 2.18. The number of benzene rings is 2. The minimum atomic E-state index is -5.80. The van der Waals surface area contributed by atoms with E-state index in [1.807, 2.05) is 0 Å². The number of carboxylic acid groups (broad SMARTS) is 2. The van der Waals surface area contributed by atoms with Gasteiger partial charge in [-0.15, -0.1) is 0 Å². The van der Waals surface area contributed by atoms with Gasteiger partial charge in [0.1, 0.15) is 135 Å². The van der Waals surface area contributed by atoms with Gasteiger partial charge in [0, 0.05) is 24.5 Å². The van der Waals surface area contributed by atoms with Crippen LogP contribution >= 0.6 is 0 Å². The van der Waals surface area contributed by atoms with E-state index in [-0.39, 0.29) is 259 Å². The number of aliphatic imine (C=N–C) groups is 2. The maximum absolute atomic E-state index is 12.9. The van der Waals surface area contributed by atoms with Crippen LogP contribution in [0.4, 0.5) is 22.7 Å². The van der Waals surface area contributed by atoms with E-state index in [1.165, 1.54) is 58.0 Å². The van der Waals surface area contributed by atoms with E-state index >= 15 is 0 Å². The number of carbonyl (C=O) groups is 2. The molecule has 2 aromatic carbocycles. The molecule has 58 nitrogen and oxygen atoms in total. The minimum Gasteiger partial charge on any atom is -0.862 e. The van der Waals surface area contributed by atoms with Crippen LogP contribution < -0.4 is 277 Å². The summed E-state index contributed by atoms with van der Waals surface area (Å²) in [6, 6.07) is 5.41. The Morgan fingerprint density at radius 3 is 1.02 bits per heavy atom. The fourth-order valence-corrected chi connectivity index (χ4v) is 13.4. The molecular weight excluding hydrogens is 1920 g/mol.